The first kappa shape index (κ1) is 21.9. The molecule has 0 radical (unpaired) electrons. The predicted molar refractivity (Wildman–Crippen MR) is 133 cm³/mol. The molecule has 2 aromatic carbocycles. The summed E-state index contributed by atoms with van der Waals surface area (Å²) in [6, 6.07) is 14.6. The molecule has 1 fully saturated rings. The van der Waals surface area contributed by atoms with Gasteiger partial charge in [0.25, 0.3) is 5.91 Å². The number of amides is 1. The first-order chi connectivity index (χ1) is 16.1. The summed E-state index contributed by atoms with van der Waals surface area (Å²) in [6.07, 6.45) is 1.60. The Morgan fingerprint density at radius 3 is 2.67 bits per heavy atom. The van der Waals surface area contributed by atoms with Crippen molar-refractivity contribution in [2.75, 3.05) is 31.1 Å². The highest BCUT2D eigenvalue weighted by Gasteiger charge is 2.26. The van der Waals surface area contributed by atoms with Crippen molar-refractivity contribution in [3.05, 3.63) is 81.4 Å². The molecule has 2 aromatic heterocycles. The van der Waals surface area contributed by atoms with E-state index in [2.05, 4.69) is 14.9 Å². The van der Waals surface area contributed by atoms with E-state index in [0.717, 1.165) is 21.6 Å². The Hall–Kier alpha value is -2.87. The second-order valence-corrected chi connectivity index (χ2v) is 9.37. The highest BCUT2D eigenvalue weighted by molar-refractivity contribution is 7.16. The fraction of sp³-hybridized carbons (Fsp3) is 0.208. The van der Waals surface area contributed by atoms with Crippen LogP contribution in [-0.2, 0) is 6.61 Å². The SMILES string of the molecule is O=C(c1ccccc1OCc1ccc(Cl)cc1Cl)N1CCN(c2ncnc3sccc23)CC1. The fourth-order valence-electron chi connectivity index (χ4n) is 3.88. The molecule has 0 saturated carbocycles. The Kier molecular flexibility index (Phi) is 6.35. The molecule has 0 bridgehead atoms. The molecular formula is C24H20Cl2N4O2S. The molecule has 0 spiro atoms. The van der Waals surface area contributed by atoms with Gasteiger partial charge in [-0.3, -0.25) is 4.79 Å². The van der Waals surface area contributed by atoms with Crippen LogP contribution in [-0.4, -0.2) is 47.0 Å². The minimum absolute atomic E-state index is 0.0455. The van der Waals surface area contributed by atoms with Crippen LogP contribution in [0.15, 0.2) is 60.2 Å². The van der Waals surface area contributed by atoms with Crippen molar-refractivity contribution in [2.24, 2.45) is 0 Å². The molecule has 1 amide bonds. The number of para-hydroxylation sites is 1. The van der Waals surface area contributed by atoms with Gasteiger partial charge in [0, 0.05) is 41.8 Å². The Labute approximate surface area is 205 Å². The largest absolute Gasteiger partial charge is 0.488 e. The highest BCUT2D eigenvalue weighted by Crippen LogP contribution is 2.29. The van der Waals surface area contributed by atoms with Crippen molar-refractivity contribution in [3.8, 4) is 5.75 Å². The van der Waals surface area contributed by atoms with Crippen LogP contribution in [0.5, 0.6) is 5.75 Å². The summed E-state index contributed by atoms with van der Waals surface area (Å²) in [5.74, 6) is 1.42. The second-order valence-electron chi connectivity index (χ2n) is 7.64. The van der Waals surface area contributed by atoms with Crippen LogP contribution in [0.25, 0.3) is 10.2 Å². The van der Waals surface area contributed by atoms with Crippen LogP contribution >= 0.6 is 34.5 Å². The van der Waals surface area contributed by atoms with E-state index < -0.39 is 0 Å². The molecule has 33 heavy (non-hydrogen) atoms. The molecule has 1 aliphatic heterocycles. The number of anilines is 1. The molecule has 0 N–H and O–H groups in total. The summed E-state index contributed by atoms with van der Waals surface area (Å²) < 4.78 is 5.98. The van der Waals surface area contributed by atoms with Crippen molar-refractivity contribution in [1.82, 2.24) is 14.9 Å². The predicted octanol–water partition coefficient (Wildman–Crippen LogP) is 5.54. The number of nitrogens with zero attached hydrogens (tertiary/aromatic N) is 4. The minimum Gasteiger partial charge on any atom is -0.488 e. The maximum atomic E-state index is 13.3. The van der Waals surface area contributed by atoms with E-state index in [-0.39, 0.29) is 12.5 Å². The molecule has 0 aliphatic carbocycles. The quantitative estimate of drug-likeness (QED) is 0.361. The van der Waals surface area contributed by atoms with Gasteiger partial charge >= 0.3 is 0 Å². The first-order valence-corrected chi connectivity index (χ1v) is 12.1. The topological polar surface area (TPSA) is 58.6 Å². The van der Waals surface area contributed by atoms with E-state index in [1.807, 2.05) is 40.6 Å². The normalized spacial score (nSPS) is 14.0. The van der Waals surface area contributed by atoms with Gasteiger partial charge in [0.15, 0.2) is 0 Å². The molecular weight excluding hydrogens is 479 g/mol. The van der Waals surface area contributed by atoms with Gasteiger partial charge in [0.1, 0.15) is 29.3 Å². The van der Waals surface area contributed by atoms with E-state index in [1.165, 1.54) is 0 Å². The van der Waals surface area contributed by atoms with Gasteiger partial charge < -0.3 is 14.5 Å². The lowest BCUT2D eigenvalue weighted by Gasteiger charge is -2.35. The number of thiophene rings is 1. The number of hydrogen-bond donors (Lipinski definition) is 0. The van der Waals surface area contributed by atoms with Crippen molar-refractivity contribution >= 4 is 56.5 Å². The van der Waals surface area contributed by atoms with Gasteiger partial charge in [-0.2, -0.15) is 0 Å². The van der Waals surface area contributed by atoms with Crippen molar-refractivity contribution in [2.45, 2.75) is 6.61 Å². The molecule has 168 valence electrons. The summed E-state index contributed by atoms with van der Waals surface area (Å²) in [7, 11) is 0. The van der Waals surface area contributed by atoms with Crippen LogP contribution in [0.3, 0.4) is 0 Å². The summed E-state index contributed by atoms with van der Waals surface area (Å²) >= 11 is 13.8. The smallest absolute Gasteiger partial charge is 0.257 e. The Balaban J connectivity index is 1.27. The van der Waals surface area contributed by atoms with Gasteiger partial charge in [-0.15, -0.1) is 11.3 Å². The summed E-state index contributed by atoms with van der Waals surface area (Å²) in [6.45, 7) is 2.87. The minimum atomic E-state index is -0.0455. The number of halogens is 2. The number of hydrogen-bond acceptors (Lipinski definition) is 6. The van der Waals surface area contributed by atoms with Gasteiger partial charge in [-0.1, -0.05) is 41.4 Å². The number of piperazine rings is 1. The molecule has 1 saturated heterocycles. The Bertz CT molecular complexity index is 1300. The molecule has 1 aliphatic rings. The van der Waals surface area contributed by atoms with Gasteiger partial charge in [0.05, 0.1) is 10.9 Å². The third-order valence-corrected chi connectivity index (χ3v) is 7.03. The molecule has 6 nitrogen and oxygen atoms in total. The fourth-order valence-corrected chi connectivity index (χ4v) is 5.07. The van der Waals surface area contributed by atoms with E-state index in [0.29, 0.717) is 47.5 Å². The van der Waals surface area contributed by atoms with Gasteiger partial charge in [0.2, 0.25) is 0 Å². The number of benzene rings is 2. The van der Waals surface area contributed by atoms with Crippen LogP contribution in [0.1, 0.15) is 15.9 Å². The number of rotatable bonds is 5. The molecule has 5 rings (SSSR count). The third kappa shape index (κ3) is 4.62. The first-order valence-electron chi connectivity index (χ1n) is 10.5. The van der Waals surface area contributed by atoms with E-state index >= 15 is 0 Å². The number of aromatic nitrogens is 2. The molecule has 0 unspecified atom stereocenters. The van der Waals surface area contributed by atoms with Crippen LogP contribution in [0.2, 0.25) is 10.0 Å². The summed E-state index contributed by atoms with van der Waals surface area (Å²) in [5.41, 5.74) is 1.35. The van der Waals surface area contributed by atoms with Gasteiger partial charge in [-0.25, -0.2) is 9.97 Å². The zero-order valence-electron chi connectivity index (χ0n) is 17.6. The van der Waals surface area contributed by atoms with Crippen molar-refractivity contribution in [1.29, 1.82) is 0 Å². The average Bonchev–Trinajstić information content (AvgIpc) is 3.33. The standard InChI is InChI=1S/C24H20Cl2N4O2S/c25-17-6-5-16(20(26)13-17)14-32-21-4-2-1-3-18(21)24(31)30-10-8-29(9-11-30)22-19-7-12-33-23(19)28-15-27-22/h1-7,12-13,15H,8-11,14H2. The molecule has 9 heteroatoms. The van der Waals surface area contributed by atoms with E-state index in [9.17, 15) is 4.79 Å². The molecule has 3 heterocycles. The number of carbonyl (C=O) groups excluding carboxylic acids is 1. The number of carbonyl (C=O) groups is 1. The lowest BCUT2D eigenvalue weighted by Crippen LogP contribution is -2.49. The number of fused-ring (bicyclic) bond motifs is 1. The van der Waals surface area contributed by atoms with Crippen LogP contribution in [0, 0.1) is 0 Å². The average molecular weight is 499 g/mol. The summed E-state index contributed by atoms with van der Waals surface area (Å²) in [5, 5.41) is 4.19. The van der Waals surface area contributed by atoms with Gasteiger partial charge in [-0.05, 0) is 35.7 Å². The maximum Gasteiger partial charge on any atom is 0.257 e. The Morgan fingerprint density at radius 1 is 1.03 bits per heavy atom. The van der Waals surface area contributed by atoms with Crippen molar-refractivity contribution in [3.63, 3.8) is 0 Å². The lowest BCUT2D eigenvalue weighted by atomic mass is 10.1. The van der Waals surface area contributed by atoms with E-state index in [1.54, 1.807) is 35.9 Å². The zero-order valence-corrected chi connectivity index (χ0v) is 19.9. The highest BCUT2D eigenvalue weighted by atomic mass is 35.5. The molecule has 4 aromatic rings. The molecule has 0 atom stereocenters. The monoisotopic (exact) mass is 498 g/mol. The zero-order chi connectivity index (χ0) is 22.8. The maximum absolute atomic E-state index is 13.3. The third-order valence-electron chi connectivity index (χ3n) is 5.62. The second kappa shape index (κ2) is 9.55. The van der Waals surface area contributed by atoms with E-state index in [4.69, 9.17) is 27.9 Å². The summed E-state index contributed by atoms with van der Waals surface area (Å²) in [4.78, 5) is 27.2. The Morgan fingerprint density at radius 2 is 1.85 bits per heavy atom. The lowest BCUT2D eigenvalue weighted by molar-refractivity contribution is 0.0741. The van der Waals surface area contributed by atoms with Crippen LogP contribution in [0.4, 0.5) is 5.82 Å². The van der Waals surface area contributed by atoms with Crippen molar-refractivity contribution < 1.29 is 9.53 Å². The van der Waals surface area contributed by atoms with Crippen LogP contribution < -0.4 is 9.64 Å². The number of ether oxygens (including phenoxy) is 1.